The van der Waals surface area contributed by atoms with Crippen LogP contribution in [0.5, 0.6) is 0 Å². The van der Waals surface area contributed by atoms with Crippen molar-refractivity contribution in [1.82, 2.24) is 19.9 Å². The summed E-state index contributed by atoms with van der Waals surface area (Å²) >= 11 is 0. The van der Waals surface area contributed by atoms with Crippen LogP contribution in [0.3, 0.4) is 0 Å². The number of hydrogen-bond acceptors (Lipinski definition) is 4. The van der Waals surface area contributed by atoms with Crippen LogP contribution < -0.4 is 0 Å². The number of benzene rings is 9. The first-order chi connectivity index (χ1) is 32.2. The standard InChI is InChI=1S/C61H40N4/c1-6-19-41(20-7-1)42-33-35-45(36-34-42)59-63-58(44-23-10-3-11-24-44)64-60(65-59)47-26-18-25-46(37-47)56-39-51(43-21-8-2-9-22-43)53-38-52-50-31-16-17-32-54(50)61(48-27-12-4-13-28-48,49-29-14-5-15-30-49)55(52)40-57(53)62-56/h1-40H. The maximum absolute atomic E-state index is 5.57. The molecular formula is C61H40N4. The Morgan fingerprint density at radius 3 is 1.35 bits per heavy atom. The van der Waals surface area contributed by atoms with Crippen molar-refractivity contribution in [2.75, 3.05) is 0 Å². The number of aromatic nitrogens is 4. The highest BCUT2D eigenvalue weighted by molar-refractivity contribution is 6.02. The van der Waals surface area contributed by atoms with E-state index in [0.29, 0.717) is 17.5 Å². The molecule has 2 heterocycles. The van der Waals surface area contributed by atoms with Gasteiger partial charge in [0.25, 0.3) is 0 Å². The number of pyridine rings is 1. The molecule has 1 aliphatic carbocycles. The number of rotatable bonds is 8. The molecule has 0 saturated heterocycles. The summed E-state index contributed by atoms with van der Waals surface area (Å²) < 4.78 is 0. The summed E-state index contributed by atoms with van der Waals surface area (Å²) in [5.74, 6) is 1.83. The van der Waals surface area contributed by atoms with Crippen molar-refractivity contribution in [3.63, 3.8) is 0 Å². The third-order valence-electron chi connectivity index (χ3n) is 12.8. The summed E-state index contributed by atoms with van der Waals surface area (Å²) in [6, 6.07) is 85.9. The zero-order valence-electron chi connectivity index (χ0n) is 35.4. The third kappa shape index (κ3) is 6.63. The molecule has 304 valence electrons. The Balaban J connectivity index is 1.04. The monoisotopic (exact) mass is 828 g/mol. The molecule has 0 amide bonds. The molecular weight excluding hydrogens is 789 g/mol. The van der Waals surface area contributed by atoms with E-state index in [9.17, 15) is 0 Å². The van der Waals surface area contributed by atoms with Crippen molar-refractivity contribution < 1.29 is 0 Å². The molecule has 0 saturated carbocycles. The molecule has 65 heavy (non-hydrogen) atoms. The molecule has 12 rings (SSSR count). The van der Waals surface area contributed by atoms with E-state index in [2.05, 4.69) is 206 Å². The lowest BCUT2D eigenvalue weighted by molar-refractivity contribution is 0.769. The van der Waals surface area contributed by atoms with Crippen molar-refractivity contribution in [3.8, 4) is 78.8 Å². The minimum Gasteiger partial charge on any atom is -0.248 e. The minimum absolute atomic E-state index is 0.540. The largest absolute Gasteiger partial charge is 0.248 e. The molecule has 4 heteroatoms. The van der Waals surface area contributed by atoms with Crippen LogP contribution in [0.1, 0.15) is 22.3 Å². The van der Waals surface area contributed by atoms with Crippen molar-refractivity contribution >= 4 is 10.9 Å². The Kier molecular flexibility index (Phi) is 9.35. The number of hydrogen-bond donors (Lipinski definition) is 0. The van der Waals surface area contributed by atoms with Crippen LogP contribution in [-0.4, -0.2) is 19.9 Å². The average molecular weight is 829 g/mol. The van der Waals surface area contributed by atoms with Gasteiger partial charge in [-0.15, -0.1) is 0 Å². The van der Waals surface area contributed by atoms with E-state index >= 15 is 0 Å². The van der Waals surface area contributed by atoms with Gasteiger partial charge in [0, 0.05) is 27.6 Å². The van der Waals surface area contributed by atoms with Gasteiger partial charge in [0.15, 0.2) is 17.5 Å². The number of nitrogens with zero attached hydrogens (tertiary/aromatic N) is 4. The molecule has 0 N–H and O–H groups in total. The van der Waals surface area contributed by atoms with Gasteiger partial charge in [-0.2, -0.15) is 0 Å². The van der Waals surface area contributed by atoms with Gasteiger partial charge in [0.2, 0.25) is 0 Å². The van der Waals surface area contributed by atoms with E-state index in [0.717, 1.165) is 61.1 Å². The zero-order valence-corrected chi connectivity index (χ0v) is 35.4. The Morgan fingerprint density at radius 1 is 0.262 bits per heavy atom. The fourth-order valence-corrected chi connectivity index (χ4v) is 9.78. The molecule has 1 aliphatic rings. The first kappa shape index (κ1) is 38.1. The molecule has 0 atom stereocenters. The molecule has 0 unspecified atom stereocenters. The van der Waals surface area contributed by atoms with Crippen molar-refractivity contribution in [3.05, 3.63) is 265 Å². The van der Waals surface area contributed by atoms with E-state index in [1.165, 1.54) is 33.4 Å². The highest BCUT2D eigenvalue weighted by Gasteiger charge is 2.46. The van der Waals surface area contributed by atoms with Crippen molar-refractivity contribution in [2.24, 2.45) is 0 Å². The maximum atomic E-state index is 5.57. The Labute approximate surface area is 378 Å². The average Bonchev–Trinajstić information content (AvgIpc) is 3.68. The van der Waals surface area contributed by atoms with Gasteiger partial charge >= 0.3 is 0 Å². The normalized spacial score (nSPS) is 12.4. The van der Waals surface area contributed by atoms with Crippen LogP contribution >= 0.6 is 0 Å². The molecule has 11 aromatic rings. The van der Waals surface area contributed by atoms with Crippen LogP contribution in [0.2, 0.25) is 0 Å². The van der Waals surface area contributed by atoms with Crippen LogP contribution in [0.25, 0.3) is 89.7 Å². The van der Waals surface area contributed by atoms with E-state index in [4.69, 9.17) is 19.9 Å². The molecule has 4 nitrogen and oxygen atoms in total. The fourth-order valence-electron chi connectivity index (χ4n) is 9.78. The van der Waals surface area contributed by atoms with E-state index in [-0.39, 0.29) is 0 Å². The van der Waals surface area contributed by atoms with Gasteiger partial charge in [-0.25, -0.2) is 19.9 Å². The smallest absolute Gasteiger partial charge is 0.164 e. The molecule has 9 aromatic carbocycles. The van der Waals surface area contributed by atoms with Gasteiger partial charge in [-0.1, -0.05) is 218 Å². The zero-order chi connectivity index (χ0) is 43.2. The summed E-state index contributed by atoms with van der Waals surface area (Å²) in [6.07, 6.45) is 0. The quantitative estimate of drug-likeness (QED) is 0.153. The Bertz CT molecular complexity index is 3460. The molecule has 0 fully saturated rings. The summed E-state index contributed by atoms with van der Waals surface area (Å²) in [5, 5.41) is 1.11. The summed E-state index contributed by atoms with van der Waals surface area (Å²) in [6.45, 7) is 0. The van der Waals surface area contributed by atoms with Crippen molar-refractivity contribution in [1.29, 1.82) is 0 Å². The van der Waals surface area contributed by atoms with Gasteiger partial charge < -0.3 is 0 Å². The lowest BCUT2D eigenvalue weighted by Gasteiger charge is -2.34. The minimum atomic E-state index is -0.540. The summed E-state index contributed by atoms with van der Waals surface area (Å²) in [5.41, 5.74) is 16.9. The summed E-state index contributed by atoms with van der Waals surface area (Å²) in [4.78, 5) is 20.8. The lowest BCUT2D eigenvalue weighted by atomic mass is 9.67. The molecule has 0 aliphatic heterocycles. The van der Waals surface area contributed by atoms with Crippen LogP contribution in [0, 0.1) is 0 Å². The third-order valence-corrected chi connectivity index (χ3v) is 12.8. The topological polar surface area (TPSA) is 51.6 Å². The first-order valence-electron chi connectivity index (χ1n) is 22.0. The van der Waals surface area contributed by atoms with Crippen molar-refractivity contribution in [2.45, 2.75) is 5.41 Å². The van der Waals surface area contributed by atoms with Gasteiger partial charge in [0.05, 0.1) is 16.6 Å². The Hall–Kier alpha value is -8.60. The van der Waals surface area contributed by atoms with E-state index < -0.39 is 5.41 Å². The van der Waals surface area contributed by atoms with Crippen LogP contribution in [-0.2, 0) is 5.41 Å². The number of fused-ring (bicyclic) bond motifs is 4. The lowest BCUT2D eigenvalue weighted by Crippen LogP contribution is -2.28. The molecule has 0 spiro atoms. The predicted octanol–water partition coefficient (Wildman–Crippen LogP) is 14.8. The second kappa shape index (κ2) is 15.9. The molecule has 0 radical (unpaired) electrons. The van der Waals surface area contributed by atoms with Gasteiger partial charge in [-0.3, -0.25) is 0 Å². The van der Waals surface area contributed by atoms with Crippen LogP contribution in [0.4, 0.5) is 0 Å². The first-order valence-corrected chi connectivity index (χ1v) is 22.0. The highest BCUT2D eigenvalue weighted by atomic mass is 15.0. The second-order valence-electron chi connectivity index (χ2n) is 16.6. The van der Waals surface area contributed by atoms with Gasteiger partial charge in [0.1, 0.15) is 0 Å². The van der Waals surface area contributed by atoms with Gasteiger partial charge in [-0.05, 0) is 79.9 Å². The predicted molar refractivity (Wildman–Crippen MR) is 265 cm³/mol. The Morgan fingerprint density at radius 2 is 0.723 bits per heavy atom. The SMILES string of the molecule is c1ccc(-c2ccc(-c3nc(-c4ccccc4)nc(-c4cccc(-c5cc(-c6ccccc6)c6cc7c(cc6n5)C(c5ccccc5)(c5ccccc5)c5ccccc5-7)c4)n3)cc2)cc1. The van der Waals surface area contributed by atoms with E-state index in [1.54, 1.807) is 0 Å². The second-order valence-corrected chi connectivity index (χ2v) is 16.6. The van der Waals surface area contributed by atoms with Crippen LogP contribution in [0.15, 0.2) is 243 Å². The molecule has 2 aromatic heterocycles. The van der Waals surface area contributed by atoms with E-state index in [1.807, 2.05) is 36.4 Å². The highest BCUT2D eigenvalue weighted by Crippen LogP contribution is 2.57. The maximum Gasteiger partial charge on any atom is 0.164 e. The fraction of sp³-hybridized carbons (Fsp3) is 0.0164. The molecule has 0 bridgehead atoms. The summed E-state index contributed by atoms with van der Waals surface area (Å²) in [7, 11) is 0.